The first-order valence-electron chi connectivity index (χ1n) is 12.7. The molecule has 4 rings (SSSR count). The van der Waals surface area contributed by atoms with Gasteiger partial charge in [-0.05, 0) is 43.5 Å². The van der Waals surface area contributed by atoms with E-state index in [1.807, 2.05) is 21.6 Å². The number of unbranched alkanes of at least 4 members (excludes halogenated alkanes) is 1. The van der Waals surface area contributed by atoms with Crippen LogP contribution in [0.2, 0.25) is 0 Å². The van der Waals surface area contributed by atoms with Crippen LogP contribution in [0.5, 0.6) is 0 Å². The summed E-state index contributed by atoms with van der Waals surface area (Å²) in [5.74, 6) is 0.476. The van der Waals surface area contributed by atoms with Gasteiger partial charge in [0.1, 0.15) is 5.76 Å². The van der Waals surface area contributed by atoms with Crippen LogP contribution in [-0.2, 0) is 23.8 Å². The van der Waals surface area contributed by atoms with Gasteiger partial charge in [0.15, 0.2) is 0 Å². The fourth-order valence-corrected chi connectivity index (χ4v) is 7.32. The Morgan fingerprint density at radius 3 is 2.51 bits per heavy atom. The molecule has 2 aliphatic heterocycles. The lowest BCUT2D eigenvalue weighted by Gasteiger charge is -2.25. The number of para-hydroxylation sites is 2. The zero-order valence-corrected chi connectivity index (χ0v) is 23.3. The van der Waals surface area contributed by atoms with E-state index in [9.17, 15) is 19.2 Å². The summed E-state index contributed by atoms with van der Waals surface area (Å²) < 4.78 is 15.7. The van der Waals surface area contributed by atoms with Crippen LogP contribution in [0, 0.1) is 0 Å². The summed E-state index contributed by atoms with van der Waals surface area (Å²) in [4.78, 5) is 51.2. The van der Waals surface area contributed by atoms with Crippen LogP contribution in [0.4, 0.5) is 21.0 Å². The van der Waals surface area contributed by atoms with Crippen LogP contribution in [0.3, 0.4) is 0 Å². The Hall–Kier alpha value is -3.44. The standard InChI is InChI=1S/C28H30N2O7S2/c1-18(31)35-25-17-20-9-3-6-12-23(20)30(24-13-7-5-11-22(24)25)27(33)29-28(34)37-19(2)36-26(32)14-8-4-10-21-15-16-38-39-21/h3,5-7,9,11-13,17,19,21H,4,8,10,14-16H2,1-2H3,(H,29,33,34)/t19?,21-/m1/s1. The second-order valence-corrected chi connectivity index (χ2v) is 11.8. The Morgan fingerprint density at radius 2 is 1.77 bits per heavy atom. The fourth-order valence-electron chi connectivity index (χ4n) is 4.29. The number of carbonyl (C=O) groups excluding carboxylic acids is 4. The van der Waals surface area contributed by atoms with Crippen molar-refractivity contribution in [3.8, 4) is 0 Å². The van der Waals surface area contributed by atoms with Crippen molar-refractivity contribution in [3.05, 3.63) is 59.7 Å². The molecule has 2 aromatic carbocycles. The van der Waals surface area contributed by atoms with Crippen molar-refractivity contribution in [2.24, 2.45) is 0 Å². The Kier molecular flexibility index (Phi) is 9.94. The third-order valence-electron chi connectivity index (χ3n) is 6.00. The number of urea groups is 1. The number of amides is 3. The summed E-state index contributed by atoms with van der Waals surface area (Å²) in [5, 5.41) is 2.86. The highest BCUT2D eigenvalue weighted by atomic mass is 33.1. The van der Waals surface area contributed by atoms with Gasteiger partial charge in [-0.1, -0.05) is 58.3 Å². The van der Waals surface area contributed by atoms with Gasteiger partial charge in [-0.25, -0.2) is 14.9 Å². The average Bonchev–Trinajstić information content (AvgIpc) is 3.36. The summed E-state index contributed by atoms with van der Waals surface area (Å²) in [5.41, 5.74) is 1.95. The van der Waals surface area contributed by atoms with E-state index >= 15 is 0 Å². The molecule has 2 heterocycles. The first-order chi connectivity index (χ1) is 18.8. The number of esters is 2. The second kappa shape index (κ2) is 13.6. The lowest BCUT2D eigenvalue weighted by molar-refractivity contribution is -0.164. The van der Waals surface area contributed by atoms with E-state index in [1.54, 1.807) is 54.6 Å². The van der Waals surface area contributed by atoms with Gasteiger partial charge in [0.25, 0.3) is 0 Å². The predicted molar refractivity (Wildman–Crippen MR) is 152 cm³/mol. The number of carbonyl (C=O) groups is 4. The molecule has 0 radical (unpaired) electrons. The Balaban J connectivity index is 1.37. The summed E-state index contributed by atoms with van der Waals surface area (Å²) in [6.45, 7) is 2.71. The SMILES string of the molecule is CC(=O)OC1=Cc2ccccc2N(C(=O)NC(=O)OC(C)OC(=O)CCCC[C@@H]2CCSS2)c2ccccc21. The van der Waals surface area contributed by atoms with Crippen molar-refractivity contribution >= 4 is 68.9 Å². The molecule has 2 atom stereocenters. The Labute approximate surface area is 235 Å². The van der Waals surface area contributed by atoms with Crippen molar-refractivity contribution < 1.29 is 33.4 Å². The molecule has 0 saturated carbocycles. The van der Waals surface area contributed by atoms with Gasteiger partial charge in [0.2, 0.25) is 6.29 Å². The third-order valence-corrected chi connectivity index (χ3v) is 9.00. The van der Waals surface area contributed by atoms with E-state index in [0.29, 0.717) is 34.2 Å². The smallest absolute Gasteiger partial charge is 0.418 e. The summed E-state index contributed by atoms with van der Waals surface area (Å²) in [6.07, 6.45) is 3.57. The quantitative estimate of drug-likeness (QED) is 0.161. The number of imide groups is 1. The molecule has 1 N–H and O–H groups in total. The number of rotatable bonds is 8. The average molecular weight is 571 g/mol. The van der Waals surface area contributed by atoms with Crippen LogP contribution >= 0.6 is 21.6 Å². The molecule has 1 fully saturated rings. The molecule has 0 bridgehead atoms. The van der Waals surface area contributed by atoms with Gasteiger partial charge in [-0.15, -0.1) is 0 Å². The molecule has 2 aliphatic rings. The van der Waals surface area contributed by atoms with Gasteiger partial charge >= 0.3 is 24.1 Å². The number of hydrogen-bond acceptors (Lipinski definition) is 9. The van der Waals surface area contributed by atoms with Crippen molar-refractivity contribution in [1.82, 2.24) is 5.32 Å². The van der Waals surface area contributed by atoms with Crippen molar-refractivity contribution in [2.45, 2.75) is 57.5 Å². The molecule has 2 aromatic rings. The van der Waals surface area contributed by atoms with Crippen molar-refractivity contribution in [1.29, 1.82) is 0 Å². The highest BCUT2D eigenvalue weighted by Gasteiger charge is 2.29. The normalized spacial score (nSPS) is 16.6. The van der Waals surface area contributed by atoms with Gasteiger partial charge in [0, 0.05) is 42.4 Å². The van der Waals surface area contributed by atoms with Crippen molar-refractivity contribution in [2.75, 3.05) is 10.7 Å². The molecule has 39 heavy (non-hydrogen) atoms. The van der Waals surface area contributed by atoms with Crippen LogP contribution in [-0.4, -0.2) is 41.4 Å². The van der Waals surface area contributed by atoms with Gasteiger partial charge in [-0.2, -0.15) is 0 Å². The largest absolute Gasteiger partial charge is 0.426 e. The van der Waals surface area contributed by atoms with Gasteiger partial charge < -0.3 is 14.2 Å². The molecule has 1 saturated heterocycles. The van der Waals surface area contributed by atoms with E-state index in [2.05, 4.69) is 5.32 Å². The number of fused-ring (bicyclic) bond motifs is 2. The monoisotopic (exact) mass is 570 g/mol. The zero-order valence-electron chi connectivity index (χ0n) is 21.7. The molecule has 0 spiro atoms. The highest BCUT2D eigenvalue weighted by Crippen LogP contribution is 2.41. The summed E-state index contributed by atoms with van der Waals surface area (Å²) in [6, 6.07) is 13.1. The summed E-state index contributed by atoms with van der Waals surface area (Å²) in [7, 11) is 3.81. The zero-order chi connectivity index (χ0) is 27.8. The molecule has 11 heteroatoms. The van der Waals surface area contributed by atoms with E-state index in [1.165, 1.54) is 30.9 Å². The van der Waals surface area contributed by atoms with Crippen LogP contribution in [0.15, 0.2) is 48.5 Å². The minimum absolute atomic E-state index is 0.234. The number of benzene rings is 2. The molecule has 9 nitrogen and oxygen atoms in total. The van der Waals surface area contributed by atoms with Crippen LogP contribution in [0.1, 0.15) is 57.1 Å². The summed E-state index contributed by atoms with van der Waals surface area (Å²) >= 11 is 0. The highest BCUT2D eigenvalue weighted by molar-refractivity contribution is 8.77. The van der Waals surface area contributed by atoms with E-state index in [4.69, 9.17) is 14.2 Å². The number of hydrogen-bond donors (Lipinski definition) is 1. The molecule has 3 amide bonds. The maximum Gasteiger partial charge on any atom is 0.418 e. The molecule has 0 aromatic heterocycles. The molecule has 0 aliphatic carbocycles. The van der Waals surface area contributed by atoms with E-state index in [-0.39, 0.29) is 12.2 Å². The predicted octanol–water partition coefficient (Wildman–Crippen LogP) is 6.65. The third kappa shape index (κ3) is 7.79. The molecule has 206 valence electrons. The minimum Gasteiger partial charge on any atom is -0.426 e. The van der Waals surface area contributed by atoms with E-state index < -0.39 is 30.4 Å². The fraction of sp³-hybridized carbons (Fsp3) is 0.357. The Bertz CT molecular complexity index is 1260. The maximum absolute atomic E-state index is 13.4. The number of anilines is 2. The number of nitrogens with zero attached hydrogens (tertiary/aromatic N) is 1. The lowest BCUT2D eigenvalue weighted by atomic mass is 10.1. The van der Waals surface area contributed by atoms with Crippen LogP contribution in [0.25, 0.3) is 11.8 Å². The number of nitrogens with one attached hydrogen (secondary N) is 1. The maximum atomic E-state index is 13.4. The van der Waals surface area contributed by atoms with Crippen molar-refractivity contribution in [3.63, 3.8) is 0 Å². The van der Waals surface area contributed by atoms with Crippen LogP contribution < -0.4 is 10.2 Å². The van der Waals surface area contributed by atoms with Gasteiger partial charge in [0.05, 0.1) is 11.4 Å². The van der Waals surface area contributed by atoms with E-state index in [0.717, 1.165) is 12.8 Å². The molecular formula is C28H30N2O7S2. The Morgan fingerprint density at radius 1 is 1.03 bits per heavy atom. The molecule has 1 unspecified atom stereocenters. The second-order valence-electron chi connectivity index (χ2n) is 8.98. The molecular weight excluding hydrogens is 540 g/mol. The topological polar surface area (TPSA) is 111 Å². The van der Waals surface area contributed by atoms with Gasteiger partial charge in [-0.3, -0.25) is 14.5 Å². The lowest BCUT2D eigenvalue weighted by Crippen LogP contribution is -2.42. The number of ether oxygens (including phenoxy) is 3. The first kappa shape index (κ1) is 28.6. The minimum atomic E-state index is -1.17. The number of alkyl carbamates (subject to hydrolysis) is 1. The first-order valence-corrected chi connectivity index (χ1v) is 15.1.